The van der Waals surface area contributed by atoms with Gasteiger partial charge in [0, 0.05) is 29.8 Å². The Labute approximate surface area is 147 Å². The minimum absolute atomic E-state index is 0.0658. The van der Waals surface area contributed by atoms with Crippen molar-refractivity contribution in [1.29, 1.82) is 0 Å². The largest absolute Gasteiger partial charge is 0.450 e. The maximum atomic E-state index is 12.1. The van der Waals surface area contributed by atoms with Gasteiger partial charge in [0.25, 0.3) is 0 Å². The zero-order chi connectivity index (χ0) is 17.5. The average Bonchev–Trinajstić information content (AvgIpc) is 2.56. The van der Waals surface area contributed by atoms with E-state index in [9.17, 15) is 9.59 Å². The molecule has 0 radical (unpaired) electrons. The van der Waals surface area contributed by atoms with Gasteiger partial charge in [-0.1, -0.05) is 17.7 Å². The number of likely N-dealkylation sites (tertiary alicyclic amines) is 1. The number of carbonyl (C=O) groups excluding carboxylic acids is 2. The van der Waals surface area contributed by atoms with Crippen molar-refractivity contribution in [3.63, 3.8) is 0 Å². The molecule has 2 N–H and O–H groups in total. The van der Waals surface area contributed by atoms with E-state index < -0.39 is 0 Å². The number of anilines is 1. The summed E-state index contributed by atoms with van der Waals surface area (Å²) in [4.78, 5) is 25.4. The van der Waals surface area contributed by atoms with E-state index in [2.05, 4.69) is 10.6 Å². The van der Waals surface area contributed by atoms with Crippen molar-refractivity contribution in [1.82, 2.24) is 10.2 Å². The zero-order valence-corrected chi connectivity index (χ0v) is 14.9. The van der Waals surface area contributed by atoms with E-state index in [1.807, 2.05) is 25.1 Å². The highest BCUT2D eigenvalue weighted by atomic mass is 35.5. The van der Waals surface area contributed by atoms with Crippen LogP contribution in [-0.4, -0.2) is 49.2 Å². The van der Waals surface area contributed by atoms with Crippen molar-refractivity contribution >= 4 is 29.3 Å². The van der Waals surface area contributed by atoms with Crippen LogP contribution in [0.3, 0.4) is 0 Å². The SMILES string of the molecule is CCOC(=O)N1CCC(NC(=O)CNc2cc(Cl)ccc2C)CC1. The summed E-state index contributed by atoms with van der Waals surface area (Å²) in [6.45, 7) is 5.53. The van der Waals surface area contributed by atoms with Crippen LogP contribution < -0.4 is 10.6 Å². The third-order valence-corrected chi connectivity index (χ3v) is 4.26. The van der Waals surface area contributed by atoms with Crippen LogP contribution in [0.1, 0.15) is 25.3 Å². The van der Waals surface area contributed by atoms with Gasteiger partial charge in [-0.15, -0.1) is 0 Å². The molecule has 0 saturated carbocycles. The lowest BCUT2D eigenvalue weighted by Crippen LogP contribution is -2.47. The summed E-state index contributed by atoms with van der Waals surface area (Å²) in [6.07, 6.45) is 1.20. The quantitative estimate of drug-likeness (QED) is 0.854. The van der Waals surface area contributed by atoms with E-state index in [1.54, 1.807) is 11.8 Å². The van der Waals surface area contributed by atoms with Gasteiger partial charge in [-0.3, -0.25) is 4.79 Å². The second-order valence-electron chi connectivity index (χ2n) is 5.84. The van der Waals surface area contributed by atoms with Crippen LogP contribution in [0.4, 0.5) is 10.5 Å². The fourth-order valence-corrected chi connectivity index (χ4v) is 2.83. The summed E-state index contributed by atoms with van der Waals surface area (Å²) in [5.74, 6) is -0.0658. The van der Waals surface area contributed by atoms with E-state index in [1.165, 1.54) is 0 Å². The monoisotopic (exact) mass is 353 g/mol. The predicted molar refractivity (Wildman–Crippen MR) is 94.4 cm³/mol. The number of aryl methyl sites for hydroxylation is 1. The molecular weight excluding hydrogens is 330 g/mol. The normalized spacial score (nSPS) is 15.0. The zero-order valence-electron chi connectivity index (χ0n) is 14.1. The Morgan fingerprint density at radius 2 is 2.04 bits per heavy atom. The van der Waals surface area contributed by atoms with Crippen LogP contribution in [0.2, 0.25) is 5.02 Å². The Morgan fingerprint density at radius 3 is 2.71 bits per heavy atom. The van der Waals surface area contributed by atoms with Crippen LogP contribution in [0.15, 0.2) is 18.2 Å². The number of piperidine rings is 1. The number of amides is 2. The van der Waals surface area contributed by atoms with Gasteiger partial charge in [0.2, 0.25) is 5.91 Å². The average molecular weight is 354 g/mol. The van der Waals surface area contributed by atoms with Crippen LogP contribution in [0, 0.1) is 6.92 Å². The van der Waals surface area contributed by atoms with Gasteiger partial charge in [-0.25, -0.2) is 4.79 Å². The molecule has 2 rings (SSSR count). The van der Waals surface area contributed by atoms with E-state index in [0.717, 1.165) is 24.1 Å². The highest BCUT2D eigenvalue weighted by Crippen LogP contribution is 2.19. The Balaban J connectivity index is 1.74. The number of carbonyl (C=O) groups is 2. The molecule has 2 amide bonds. The summed E-state index contributed by atoms with van der Waals surface area (Å²) < 4.78 is 4.98. The van der Waals surface area contributed by atoms with Gasteiger partial charge in [0.15, 0.2) is 0 Å². The molecular formula is C17H24ClN3O3. The first-order valence-electron chi connectivity index (χ1n) is 8.20. The van der Waals surface area contributed by atoms with Crippen molar-refractivity contribution in [2.75, 3.05) is 31.6 Å². The smallest absolute Gasteiger partial charge is 0.409 e. The molecule has 6 nitrogen and oxygen atoms in total. The Bertz CT molecular complexity index is 586. The first-order chi connectivity index (χ1) is 11.5. The molecule has 0 atom stereocenters. The minimum atomic E-state index is -0.277. The third-order valence-electron chi connectivity index (χ3n) is 4.03. The fraction of sp³-hybridized carbons (Fsp3) is 0.529. The molecule has 132 valence electrons. The van der Waals surface area contributed by atoms with Crippen LogP contribution in [-0.2, 0) is 9.53 Å². The molecule has 1 aromatic carbocycles. The molecule has 0 unspecified atom stereocenters. The van der Waals surface area contributed by atoms with Gasteiger partial charge in [0.1, 0.15) is 0 Å². The number of benzene rings is 1. The lowest BCUT2D eigenvalue weighted by Gasteiger charge is -2.31. The molecule has 1 fully saturated rings. The van der Waals surface area contributed by atoms with Gasteiger partial charge >= 0.3 is 6.09 Å². The highest BCUT2D eigenvalue weighted by Gasteiger charge is 2.24. The molecule has 0 spiro atoms. The maximum Gasteiger partial charge on any atom is 0.409 e. The maximum absolute atomic E-state index is 12.1. The molecule has 0 bridgehead atoms. The van der Waals surface area contributed by atoms with Crippen molar-refractivity contribution in [2.24, 2.45) is 0 Å². The van der Waals surface area contributed by atoms with Crippen LogP contribution in [0.25, 0.3) is 0 Å². The fourth-order valence-electron chi connectivity index (χ4n) is 2.66. The number of hydrogen-bond donors (Lipinski definition) is 2. The topological polar surface area (TPSA) is 70.7 Å². The van der Waals surface area contributed by atoms with Crippen molar-refractivity contribution in [3.05, 3.63) is 28.8 Å². The number of hydrogen-bond acceptors (Lipinski definition) is 4. The number of ether oxygens (including phenoxy) is 1. The second-order valence-corrected chi connectivity index (χ2v) is 6.28. The Hall–Kier alpha value is -1.95. The summed E-state index contributed by atoms with van der Waals surface area (Å²) in [5.41, 5.74) is 1.89. The molecule has 1 saturated heterocycles. The predicted octanol–water partition coefficient (Wildman–Crippen LogP) is 2.80. The van der Waals surface area contributed by atoms with Crippen LogP contribution >= 0.6 is 11.6 Å². The van der Waals surface area contributed by atoms with Crippen molar-refractivity contribution in [3.8, 4) is 0 Å². The standard InChI is InChI=1S/C17H24ClN3O3/c1-3-24-17(23)21-8-6-14(7-9-21)20-16(22)11-19-15-10-13(18)5-4-12(15)2/h4-5,10,14,19H,3,6-9,11H2,1-2H3,(H,20,22). The van der Waals surface area contributed by atoms with Crippen molar-refractivity contribution < 1.29 is 14.3 Å². The van der Waals surface area contributed by atoms with Gasteiger partial charge in [-0.05, 0) is 44.4 Å². The molecule has 1 aliphatic rings. The van der Waals surface area contributed by atoms with E-state index in [-0.39, 0.29) is 24.6 Å². The third kappa shape index (κ3) is 5.30. The molecule has 24 heavy (non-hydrogen) atoms. The highest BCUT2D eigenvalue weighted by molar-refractivity contribution is 6.30. The molecule has 7 heteroatoms. The Morgan fingerprint density at radius 1 is 1.33 bits per heavy atom. The lowest BCUT2D eigenvalue weighted by atomic mass is 10.1. The summed E-state index contributed by atoms with van der Waals surface area (Å²) in [6, 6.07) is 5.63. The Kier molecular flexibility index (Phi) is 6.73. The summed E-state index contributed by atoms with van der Waals surface area (Å²) >= 11 is 5.97. The molecule has 1 aliphatic heterocycles. The second kappa shape index (κ2) is 8.78. The molecule has 1 heterocycles. The van der Waals surface area contributed by atoms with Gasteiger partial charge in [-0.2, -0.15) is 0 Å². The van der Waals surface area contributed by atoms with Crippen LogP contribution in [0.5, 0.6) is 0 Å². The minimum Gasteiger partial charge on any atom is -0.450 e. The van der Waals surface area contributed by atoms with Crippen molar-refractivity contribution in [2.45, 2.75) is 32.7 Å². The number of nitrogens with one attached hydrogen (secondary N) is 2. The first-order valence-corrected chi connectivity index (χ1v) is 8.58. The van der Waals surface area contributed by atoms with E-state index in [0.29, 0.717) is 24.7 Å². The summed E-state index contributed by atoms with van der Waals surface area (Å²) in [7, 11) is 0. The number of halogens is 1. The lowest BCUT2D eigenvalue weighted by molar-refractivity contribution is -0.120. The molecule has 0 aliphatic carbocycles. The first kappa shape index (κ1) is 18.4. The molecule has 0 aromatic heterocycles. The number of rotatable bonds is 5. The molecule has 1 aromatic rings. The van der Waals surface area contributed by atoms with Gasteiger partial charge < -0.3 is 20.3 Å². The summed E-state index contributed by atoms with van der Waals surface area (Å²) in [5, 5.41) is 6.74. The van der Waals surface area contributed by atoms with E-state index >= 15 is 0 Å². The number of nitrogens with zero attached hydrogens (tertiary/aromatic N) is 1. The van der Waals surface area contributed by atoms with E-state index in [4.69, 9.17) is 16.3 Å². The van der Waals surface area contributed by atoms with Gasteiger partial charge in [0.05, 0.1) is 13.2 Å².